The van der Waals surface area contributed by atoms with E-state index in [9.17, 15) is 4.79 Å². The fraction of sp³-hybridized carbons (Fsp3) is 0.364. The van der Waals surface area contributed by atoms with E-state index in [1.54, 1.807) is 6.20 Å². The van der Waals surface area contributed by atoms with Crippen molar-refractivity contribution in [1.29, 1.82) is 0 Å². The molecule has 214 valence electrons. The van der Waals surface area contributed by atoms with Gasteiger partial charge in [-0.05, 0) is 61.8 Å². The first-order valence-electron chi connectivity index (χ1n) is 14.6. The van der Waals surface area contributed by atoms with Gasteiger partial charge in [0, 0.05) is 36.8 Å². The lowest BCUT2D eigenvalue weighted by atomic mass is 9.81. The standard InChI is InChI=1S/C33H40N6O2/c1-2-34-33(36-21-25-9-5-3-6-10-25)37-22-26-13-15-28(16-14-26)32(40)38-30-17-19-35-31-29(30)18-20-39(31)24-41-23-27-11-7-4-8-12-27/h3-12,17-20,26,28H,2,13-16,21-24H2,1H3,(H2,34,36,37)(H,35,38,40). The van der Waals surface area contributed by atoms with E-state index in [1.807, 2.05) is 71.4 Å². The molecule has 0 atom stereocenters. The monoisotopic (exact) mass is 552 g/mol. The maximum absolute atomic E-state index is 13.2. The second-order valence-electron chi connectivity index (χ2n) is 10.6. The number of nitrogens with zero attached hydrogens (tertiary/aromatic N) is 3. The minimum absolute atomic E-state index is 0.0192. The number of hydrogen-bond donors (Lipinski definition) is 3. The number of anilines is 1. The highest BCUT2D eigenvalue weighted by molar-refractivity contribution is 6.01. The van der Waals surface area contributed by atoms with Gasteiger partial charge in [0.1, 0.15) is 12.4 Å². The average Bonchev–Trinajstić information content (AvgIpc) is 3.44. The number of rotatable bonds is 11. The molecule has 2 heterocycles. The molecule has 2 aromatic heterocycles. The summed E-state index contributed by atoms with van der Waals surface area (Å²) in [4.78, 5) is 22.5. The van der Waals surface area contributed by atoms with E-state index in [2.05, 4.69) is 40.0 Å². The quantitative estimate of drug-likeness (QED) is 0.164. The van der Waals surface area contributed by atoms with Gasteiger partial charge >= 0.3 is 0 Å². The largest absolute Gasteiger partial charge is 0.357 e. The Kier molecular flexibility index (Phi) is 10.0. The number of nitrogens with one attached hydrogen (secondary N) is 3. The zero-order valence-corrected chi connectivity index (χ0v) is 23.8. The summed E-state index contributed by atoms with van der Waals surface area (Å²) in [5.74, 6) is 1.48. The predicted molar refractivity (Wildman–Crippen MR) is 164 cm³/mol. The number of aliphatic imine (C=N–C) groups is 1. The molecular formula is C33H40N6O2. The molecule has 0 unspecified atom stereocenters. The van der Waals surface area contributed by atoms with Crippen molar-refractivity contribution in [1.82, 2.24) is 20.2 Å². The van der Waals surface area contributed by atoms with Gasteiger partial charge in [0.05, 0.1) is 18.8 Å². The molecule has 1 saturated carbocycles. The summed E-state index contributed by atoms with van der Waals surface area (Å²) in [5.41, 5.74) is 3.92. The molecule has 1 aliphatic rings. The average molecular weight is 553 g/mol. The van der Waals surface area contributed by atoms with Crippen LogP contribution in [-0.4, -0.2) is 34.5 Å². The van der Waals surface area contributed by atoms with Crippen molar-refractivity contribution in [2.45, 2.75) is 52.5 Å². The normalized spacial score (nSPS) is 17.3. The van der Waals surface area contributed by atoms with Gasteiger partial charge in [0.2, 0.25) is 5.91 Å². The van der Waals surface area contributed by atoms with Crippen molar-refractivity contribution in [3.05, 3.63) is 96.3 Å². The van der Waals surface area contributed by atoms with Crippen LogP contribution in [0.1, 0.15) is 43.7 Å². The number of hydrogen-bond acceptors (Lipinski definition) is 4. The highest BCUT2D eigenvalue weighted by atomic mass is 16.5. The molecule has 8 heteroatoms. The van der Waals surface area contributed by atoms with Crippen LogP contribution >= 0.6 is 0 Å². The van der Waals surface area contributed by atoms with Crippen molar-refractivity contribution in [2.75, 3.05) is 18.4 Å². The van der Waals surface area contributed by atoms with Crippen LogP contribution in [0.25, 0.3) is 11.0 Å². The summed E-state index contributed by atoms with van der Waals surface area (Å²) >= 11 is 0. The smallest absolute Gasteiger partial charge is 0.227 e. The zero-order chi connectivity index (χ0) is 28.3. The Hall–Kier alpha value is -4.17. The summed E-state index contributed by atoms with van der Waals surface area (Å²) in [6.07, 6.45) is 7.52. The van der Waals surface area contributed by atoms with Gasteiger partial charge in [-0.15, -0.1) is 0 Å². The first kappa shape index (κ1) is 28.4. The molecule has 1 aliphatic carbocycles. The summed E-state index contributed by atoms with van der Waals surface area (Å²) in [6, 6.07) is 24.3. The Morgan fingerprint density at radius 2 is 1.68 bits per heavy atom. The van der Waals surface area contributed by atoms with E-state index in [0.717, 1.165) is 67.0 Å². The van der Waals surface area contributed by atoms with Crippen molar-refractivity contribution < 1.29 is 9.53 Å². The van der Waals surface area contributed by atoms with Gasteiger partial charge in [0.15, 0.2) is 5.96 Å². The minimum Gasteiger partial charge on any atom is -0.357 e. The van der Waals surface area contributed by atoms with Gasteiger partial charge in [-0.3, -0.25) is 4.79 Å². The SMILES string of the molecule is CCNC(=NCc1ccccc1)NCC1CCC(C(=O)Nc2ccnc3c2ccn3COCc2ccccc2)CC1. The number of aromatic nitrogens is 2. The van der Waals surface area contributed by atoms with E-state index in [1.165, 1.54) is 5.56 Å². The lowest BCUT2D eigenvalue weighted by Crippen LogP contribution is -2.40. The first-order valence-corrected chi connectivity index (χ1v) is 14.6. The highest BCUT2D eigenvalue weighted by Crippen LogP contribution is 2.30. The van der Waals surface area contributed by atoms with Crippen LogP contribution in [0, 0.1) is 11.8 Å². The number of ether oxygens (including phenoxy) is 1. The van der Waals surface area contributed by atoms with Crippen molar-refractivity contribution in [3.63, 3.8) is 0 Å². The Balaban J connectivity index is 1.09. The fourth-order valence-electron chi connectivity index (χ4n) is 5.34. The minimum atomic E-state index is 0.0192. The molecule has 5 rings (SSSR count). The van der Waals surface area contributed by atoms with Crippen LogP contribution < -0.4 is 16.0 Å². The number of carbonyl (C=O) groups is 1. The molecule has 0 aliphatic heterocycles. The number of amides is 1. The van der Waals surface area contributed by atoms with Crippen LogP contribution in [0.4, 0.5) is 5.69 Å². The molecule has 0 spiro atoms. The molecule has 1 amide bonds. The van der Waals surface area contributed by atoms with E-state index in [-0.39, 0.29) is 11.8 Å². The lowest BCUT2D eigenvalue weighted by Gasteiger charge is -2.28. The Labute approximate surface area is 242 Å². The second kappa shape index (κ2) is 14.5. The Morgan fingerprint density at radius 1 is 0.951 bits per heavy atom. The molecular weight excluding hydrogens is 512 g/mol. The van der Waals surface area contributed by atoms with E-state index in [4.69, 9.17) is 9.73 Å². The summed E-state index contributed by atoms with van der Waals surface area (Å²) < 4.78 is 7.87. The van der Waals surface area contributed by atoms with E-state index >= 15 is 0 Å². The lowest BCUT2D eigenvalue weighted by molar-refractivity contribution is -0.121. The van der Waals surface area contributed by atoms with Crippen LogP contribution in [0.3, 0.4) is 0 Å². The van der Waals surface area contributed by atoms with Crippen LogP contribution in [-0.2, 0) is 29.4 Å². The maximum atomic E-state index is 13.2. The topological polar surface area (TPSA) is 92.6 Å². The number of pyridine rings is 1. The number of fused-ring (bicyclic) bond motifs is 1. The van der Waals surface area contributed by atoms with E-state index in [0.29, 0.717) is 25.8 Å². The van der Waals surface area contributed by atoms with Crippen molar-refractivity contribution in [2.24, 2.45) is 16.8 Å². The van der Waals surface area contributed by atoms with Gasteiger partial charge in [-0.2, -0.15) is 0 Å². The highest BCUT2D eigenvalue weighted by Gasteiger charge is 2.27. The van der Waals surface area contributed by atoms with Crippen LogP contribution in [0.2, 0.25) is 0 Å². The molecule has 1 fully saturated rings. The van der Waals surface area contributed by atoms with Gasteiger partial charge in [0.25, 0.3) is 0 Å². The van der Waals surface area contributed by atoms with E-state index < -0.39 is 0 Å². The summed E-state index contributed by atoms with van der Waals surface area (Å²) in [7, 11) is 0. The van der Waals surface area contributed by atoms with Gasteiger partial charge in [-0.1, -0.05) is 60.7 Å². The zero-order valence-electron chi connectivity index (χ0n) is 23.8. The molecule has 4 aromatic rings. The third kappa shape index (κ3) is 7.95. The Bertz CT molecular complexity index is 1410. The van der Waals surface area contributed by atoms with Crippen molar-refractivity contribution >= 4 is 28.6 Å². The fourth-order valence-corrected chi connectivity index (χ4v) is 5.34. The predicted octanol–water partition coefficient (Wildman–Crippen LogP) is 5.71. The number of carbonyl (C=O) groups excluding carboxylic acids is 1. The maximum Gasteiger partial charge on any atom is 0.227 e. The van der Waals surface area contributed by atoms with Crippen molar-refractivity contribution in [3.8, 4) is 0 Å². The Morgan fingerprint density at radius 3 is 2.41 bits per heavy atom. The summed E-state index contributed by atoms with van der Waals surface area (Å²) in [5, 5.41) is 11.0. The molecule has 41 heavy (non-hydrogen) atoms. The number of benzene rings is 2. The number of guanidine groups is 1. The van der Waals surface area contributed by atoms with Crippen LogP contribution in [0.15, 0.2) is 90.2 Å². The molecule has 0 bridgehead atoms. The third-order valence-electron chi connectivity index (χ3n) is 7.64. The molecule has 0 radical (unpaired) electrons. The molecule has 3 N–H and O–H groups in total. The molecule has 2 aromatic carbocycles. The summed E-state index contributed by atoms with van der Waals surface area (Å²) in [6.45, 7) is 5.34. The van der Waals surface area contributed by atoms with Crippen LogP contribution in [0.5, 0.6) is 0 Å². The van der Waals surface area contributed by atoms with Gasteiger partial charge < -0.3 is 25.3 Å². The third-order valence-corrected chi connectivity index (χ3v) is 7.64. The first-order chi connectivity index (χ1) is 20.2. The second-order valence-corrected chi connectivity index (χ2v) is 10.6. The molecule has 0 saturated heterocycles. The molecule has 8 nitrogen and oxygen atoms in total. The van der Waals surface area contributed by atoms with Gasteiger partial charge in [-0.25, -0.2) is 9.98 Å².